The van der Waals surface area contributed by atoms with Gasteiger partial charge in [-0.2, -0.15) is 0 Å². The largest absolute Gasteiger partial charge is 0.246 e. The molecule has 12 aromatic rings. The molecule has 0 atom stereocenters. The van der Waals surface area contributed by atoms with E-state index in [1.54, 1.807) is 11.3 Å². The third-order valence-corrected chi connectivity index (χ3v) is 12.7. The smallest absolute Gasteiger partial charge is 0.164 e. The average Bonchev–Trinajstić information content (AvgIpc) is 3.72. The summed E-state index contributed by atoms with van der Waals surface area (Å²) in [7, 11) is 0. The van der Waals surface area contributed by atoms with Gasteiger partial charge in [-0.05, 0) is 61.6 Å². The maximum absolute atomic E-state index is 5.22. The fraction of sp³-hybridized carbons (Fsp3) is 0. The molecule has 0 aliphatic carbocycles. The van der Waals surface area contributed by atoms with Crippen LogP contribution >= 0.6 is 11.3 Å². The molecule has 3 aromatic heterocycles. The normalized spacial score (nSPS) is 11.7. The average molecular weight is 769 g/mol. The van der Waals surface area contributed by atoms with Gasteiger partial charge >= 0.3 is 0 Å². The van der Waals surface area contributed by atoms with Crippen LogP contribution in [0.3, 0.4) is 0 Å². The van der Waals surface area contributed by atoms with E-state index in [9.17, 15) is 0 Å². The highest BCUT2D eigenvalue weighted by Gasteiger charge is 2.18. The molecule has 9 aromatic carbocycles. The van der Waals surface area contributed by atoms with Gasteiger partial charge in [-0.1, -0.05) is 176 Å². The molecule has 4 nitrogen and oxygen atoms in total. The number of nitrogens with zero attached hydrogens (tertiary/aromatic N) is 4. The third-order valence-electron chi connectivity index (χ3n) is 11.5. The van der Waals surface area contributed by atoms with Crippen LogP contribution < -0.4 is 0 Å². The molecule has 12 rings (SSSR count). The van der Waals surface area contributed by atoms with Gasteiger partial charge in [0.25, 0.3) is 0 Å². The Morgan fingerprint density at radius 1 is 0.288 bits per heavy atom. The molecule has 0 N–H and O–H groups in total. The van der Waals surface area contributed by atoms with E-state index in [1.807, 2.05) is 30.3 Å². The minimum Gasteiger partial charge on any atom is -0.246 e. The van der Waals surface area contributed by atoms with Gasteiger partial charge in [0.2, 0.25) is 0 Å². The second kappa shape index (κ2) is 13.5. The molecule has 0 radical (unpaired) electrons. The second-order valence-corrected chi connectivity index (χ2v) is 16.0. The summed E-state index contributed by atoms with van der Waals surface area (Å²) in [5.41, 5.74) is 8.11. The van der Waals surface area contributed by atoms with Gasteiger partial charge in [0, 0.05) is 43.1 Å². The molecule has 0 saturated heterocycles. The van der Waals surface area contributed by atoms with Crippen molar-refractivity contribution in [2.24, 2.45) is 0 Å². The van der Waals surface area contributed by atoms with Gasteiger partial charge in [-0.15, -0.1) is 11.3 Å². The number of para-hydroxylation sites is 1. The zero-order valence-corrected chi connectivity index (χ0v) is 32.5. The van der Waals surface area contributed by atoms with Gasteiger partial charge in [-0.3, -0.25) is 0 Å². The fourth-order valence-corrected chi connectivity index (χ4v) is 9.88. The topological polar surface area (TPSA) is 51.6 Å². The third kappa shape index (κ3) is 5.58. The van der Waals surface area contributed by atoms with Crippen molar-refractivity contribution < 1.29 is 0 Å². The van der Waals surface area contributed by atoms with Crippen molar-refractivity contribution in [3.8, 4) is 56.5 Å². The first-order chi connectivity index (χ1) is 29.2. The molecule has 5 heteroatoms. The Bertz CT molecular complexity index is 3560. The number of thiophene rings is 1. The number of benzene rings is 9. The van der Waals surface area contributed by atoms with E-state index in [-0.39, 0.29) is 0 Å². The van der Waals surface area contributed by atoms with Crippen molar-refractivity contribution in [2.45, 2.75) is 0 Å². The van der Waals surface area contributed by atoms with E-state index in [2.05, 4.69) is 164 Å². The summed E-state index contributed by atoms with van der Waals surface area (Å²) in [4.78, 5) is 20.4. The van der Waals surface area contributed by atoms with Crippen molar-refractivity contribution in [3.05, 3.63) is 194 Å². The highest BCUT2D eigenvalue weighted by Crippen LogP contribution is 2.43. The summed E-state index contributed by atoms with van der Waals surface area (Å²) in [6.07, 6.45) is 0. The molecular weight excluding hydrogens is 737 g/mol. The van der Waals surface area contributed by atoms with E-state index < -0.39 is 0 Å². The van der Waals surface area contributed by atoms with E-state index in [4.69, 9.17) is 19.9 Å². The number of hydrogen-bond donors (Lipinski definition) is 0. The number of pyridine rings is 1. The Labute approximate surface area is 343 Å². The predicted octanol–water partition coefficient (Wildman–Crippen LogP) is 14.6. The van der Waals surface area contributed by atoms with Crippen molar-refractivity contribution in [1.82, 2.24) is 19.9 Å². The van der Waals surface area contributed by atoms with Crippen molar-refractivity contribution in [3.63, 3.8) is 0 Å². The van der Waals surface area contributed by atoms with Crippen LogP contribution in [0.2, 0.25) is 0 Å². The molecule has 0 unspecified atom stereocenters. The van der Waals surface area contributed by atoms with E-state index in [0.717, 1.165) is 39.0 Å². The van der Waals surface area contributed by atoms with Gasteiger partial charge < -0.3 is 0 Å². The summed E-state index contributed by atoms with van der Waals surface area (Å²) in [5, 5.41) is 11.3. The predicted molar refractivity (Wildman–Crippen MR) is 248 cm³/mol. The highest BCUT2D eigenvalue weighted by molar-refractivity contribution is 7.26. The molecule has 0 bridgehead atoms. The minimum absolute atomic E-state index is 0.622. The molecule has 59 heavy (non-hydrogen) atoms. The summed E-state index contributed by atoms with van der Waals surface area (Å²) >= 11 is 1.80. The van der Waals surface area contributed by atoms with E-state index in [1.165, 1.54) is 63.4 Å². The van der Waals surface area contributed by atoms with Crippen LogP contribution in [0.1, 0.15) is 0 Å². The molecule has 0 amide bonds. The van der Waals surface area contributed by atoms with Crippen LogP contribution in [0.5, 0.6) is 0 Å². The quantitative estimate of drug-likeness (QED) is 0.164. The zero-order valence-electron chi connectivity index (χ0n) is 31.7. The first-order valence-corrected chi connectivity index (χ1v) is 20.6. The van der Waals surface area contributed by atoms with Gasteiger partial charge in [0.1, 0.15) is 0 Å². The Morgan fingerprint density at radius 3 is 1.36 bits per heavy atom. The Kier molecular flexibility index (Phi) is 7.68. The lowest BCUT2D eigenvalue weighted by Crippen LogP contribution is -2.00. The van der Waals surface area contributed by atoms with Crippen LogP contribution in [0.25, 0.3) is 120 Å². The van der Waals surface area contributed by atoms with Crippen molar-refractivity contribution in [1.29, 1.82) is 0 Å². The second-order valence-electron chi connectivity index (χ2n) is 15.0. The lowest BCUT2D eigenvalue weighted by Gasteiger charge is -2.12. The fourth-order valence-electron chi connectivity index (χ4n) is 8.66. The number of hydrogen-bond acceptors (Lipinski definition) is 5. The lowest BCUT2D eigenvalue weighted by molar-refractivity contribution is 1.07. The number of fused-ring (bicyclic) bond motifs is 11. The van der Waals surface area contributed by atoms with Gasteiger partial charge in [0.15, 0.2) is 17.5 Å². The Morgan fingerprint density at radius 2 is 0.729 bits per heavy atom. The summed E-state index contributed by atoms with van der Waals surface area (Å²) < 4.78 is 2.46. The summed E-state index contributed by atoms with van der Waals surface area (Å²) in [6.45, 7) is 0. The maximum atomic E-state index is 5.22. The SMILES string of the molecule is c1ccc(-c2nc(-c3ccc(-c4ccc5c6ccccc6c6ccccc6c5c4)cc3)nc(-c3ccc(-c4nc5ccccc5c5c4sc4ccccc45)cc3)n2)cc1. The maximum Gasteiger partial charge on any atom is 0.164 e. The summed E-state index contributed by atoms with van der Waals surface area (Å²) in [5.74, 6) is 1.88. The molecule has 0 saturated carbocycles. The van der Waals surface area contributed by atoms with E-state index in [0.29, 0.717) is 17.5 Å². The van der Waals surface area contributed by atoms with Crippen LogP contribution in [-0.4, -0.2) is 19.9 Å². The van der Waals surface area contributed by atoms with Crippen LogP contribution in [0, 0.1) is 0 Å². The monoisotopic (exact) mass is 768 g/mol. The Hall–Kier alpha value is -7.60. The van der Waals surface area contributed by atoms with Crippen molar-refractivity contribution in [2.75, 3.05) is 0 Å². The van der Waals surface area contributed by atoms with Gasteiger partial charge in [0.05, 0.1) is 15.9 Å². The molecule has 0 aliphatic rings. The zero-order chi connectivity index (χ0) is 38.9. The van der Waals surface area contributed by atoms with Crippen molar-refractivity contribution >= 4 is 74.7 Å². The van der Waals surface area contributed by atoms with Gasteiger partial charge in [-0.25, -0.2) is 19.9 Å². The Balaban J connectivity index is 0.938. The van der Waals surface area contributed by atoms with E-state index >= 15 is 0 Å². The number of rotatable bonds is 5. The molecular formula is C54H32N4S. The molecule has 0 fully saturated rings. The molecule has 0 spiro atoms. The van der Waals surface area contributed by atoms with Crippen LogP contribution in [-0.2, 0) is 0 Å². The first kappa shape index (κ1) is 33.5. The summed E-state index contributed by atoms with van der Waals surface area (Å²) in [6, 6.07) is 68.6. The number of aromatic nitrogens is 4. The highest BCUT2D eigenvalue weighted by atomic mass is 32.1. The molecule has 3 heterocycles. The van der Waals surface area contributed by atoms with Crippen LogP contribution in [0.15, 0.2) is 194 Å². The molecule has 0 aliphatic heterocycles. The first-order valence-electron chi connectivity index (χ1n) is 19.8. The lowest BCUT2D eigenvalue weighted by atomic mass is 9.92. The standard InChI is InChI=1S/C54H32N4S/c1-2-12-35(13-3-1)52-56-53(36-26-22-33(23-27-36)38-30-31-43-41-16-5-4-14-39(41)40-15-6-7-17-42(40)46(43)32-38)58-54(57-52)37-28-24-34(25-29-37)50-51-49(44-18-8-10-20-47(44)55-50)45-19-9-11-21-48(45)59-51/h1-32H. The molecule has 274 valence electrons. The van der Waals surface area contributed by atoms with Crippen LogP contribution in [0.4, 0.5) is 0 Å². The minimum atomic E-state index is 0.622.